The van der Waals surface area contributed by atoms with Gasteiger partial charge in [-0.3, -0.25) is 14.7 Å². The van der Waals surface area contributed by atoms with E-state index in [0.29, 0.717) is 18.2 Å². The first-order valence-electron chi connectivity index (χ1n) is 11.1. The number of amides is 2. The van der Waals surface area contributed by atoms with Gasteiger partial charge in [-0.05, 0) is 79.8 Å². The molecule has 2 aromatic carbocycles. The molecule has 33 heavy (non-hydrogen) atoms. The fraction of sp³-hybridized carbons (Fsp3) is 0.269. The lowest BCUT2D eigenvalue weighted by molar-refractivity contribution is -0.124. The van der Waals surface area contributed by atoms with Gasteiger partial charge in [-0.15, -0.1) is 0 Å². The lowest BCUT2D eigenvalue weighted by atomic mass is 10.1. The third-order valence-electron chi connectivity index (χ3n) is 5.59. The second-order valence-electron chi connectivity index (χ2n) is 8.35. The van der Waals surface area contributed by atoms with E-state index in [4.69, 9.17) is 0 Å². The van der Waals surface area contributed by atoms with Crippen molar-refractivity contribution in [2.24, 2.45) is 0 Å². The number of hydrogen-bond donors (Lipinski definition) is 2. The van der Waals surface area contributed by atoms with Crippen molar-refractivity contribution in [3.8, 4) is 11.3 Å². The maximum atomic E-state index is 13.1. The summed E-state index contributed by atoms with van der Waals surface area (Å²) in [5.41, 5.74) is 4.09. The van der Waals surface area contributed by atoms with E-state index < -0.39 is 0 Å². The Morgan fingerprint density at radius 1 is 1.15 bits per heavy atom. The standard InChI is InChI=1S/C26H27FN4O2/c1-31(16-2-3-23-17-24(30-29-23)19-9-11-21(27)12-10-19)25(32)15-6-18-4-7-20(8-5-18)26(33)28-22-13-14-22/h4-12,15,17,22H,2-3,13-14,16H2,1H3,(H,28,33)(H,29,30). The number of carbonyl (C=O) groups is 2. The highest BCUT2D eigenvalue weighted by Crippen LogP contribution is 2.20. The molecule has 1 heterocycles. The fourth-order valence-corrected chi connectivity index (χ4v) is 3.41. The van der Waals surface area contributed by atoms with Crippen LogP contribution in [0.25, 0.3) is 17.3 Å². The third kappa shape index (κ3) is 6.38. The van der Waals surface area contributed by atoms with Crippen molar-refractivity contribution in [1.29, 1.82) is 0 Å². The number of likely N-dealkylation sites (N-methyl/N-ethyl adjacent to an activating group) is 1. The summed E-state index contributed by atoms with van der Waals surface area (Å²) in [5.74, 6) is -0.405. The average Bonchev–Trinajstić information content (AvgIpc) is 3.52. The molecule has 0 spiro atoms. The smallest absolute Gasteiger partial charge is 0.251 e. The summed E-state index contributed by atoms with van der Waals surface area (Å²) in [6.07, 6.45) is 6.95. The quantitative estimate of drug-likeness (QED) is 0.483. The first kappa shape index (κ1) is 22.5. The van der Waals surface area contributed by atoms with Crippen LogP contribution in [0.1, 0.15) is 40.9 Å². The van der Waals surface area contributed by atoms with Gasteiger partial charge in [0.15, 0.2) is 0 Å². The Morgan fingerprint density at radius 2 is 1.88 bits per heavy atom. The lowest BCUT2D eigenvalue weighted by Gasteiger charge is -2.14. The minimum absolute atomic E-state index is 0.0501. The van der Waals surface area contributed by atoms with Crippen LogP contribution in [0.2, 0.25) is 0 Å². The van der Waals surface area contributed by atoms with Gasteiger partial charge in [-0.1, -0.05) is 12.1 Å². The average molecular weight is 447 g/mol. The molecule has 2 N–H and O–H groups in total. The van der Waals surface area contributed by atoms with E-state index in [2.05, 4.69) is 15.5 Å². The van der Waals surface area contributed by atoms with Crippen LogP contribution in [0.15, 0.2) is 60.7 Å². The number of aromatic nitrogens is 2. The first-order valence-corrected chi connectivity index (χ1v) is 11.1. The number of nitrogens with zero attached hydrogens (tertiary/aromatic N) is 2. The molecule has 6 nitrogen and oxygen atoms in total. The van der Waals surface area contributed by atoms with Crippen LogP contribution >= 0.6 is 0 Å². The maximum Gasteiger partial charge on any atom is 0.251 e. The van der Waals surface area contributed by atoms with Gasteiger partial charge in [0.2, 0.25) is 5.91 Å². The molecule has 1 fully saturated rings. The van der Waals surface area contributed by atoms with Crippen LogP contribution in [-0.4, -0.2) is 46.5 Å². The number of aromatic amines is 1. The third-order valence-corrected chi connectivity index (χ3v) is 5.59. The molecule has 0 aliphatic heterocycles. The predicted octanol–water partition coefficient (Wildman–Crippen LogP) is 4.21. The molecule has 3 aromatic rings. The molecule has 7 heteroatoms. The summed E-state index contributed by atoms with van der Waals surface area (Å²) < 4.78 is 13.1. The topological polar surface area (TPSA) is 78.1 Å². The Balaban J connectivity index is 1.22. The largest absolute Gasteiger partial charge is 0.349 e. The number of halogens is 1. The van der Waals surface area contributed by atoms with Crippen molar-refractivity contribution in [2.75, 3.05) is 13.6 Å². The van der Waals surface area contributed by atoms with Crippen LogP contribution in [0, 0.1) is 5.82 Å². The summed E-state index contributed by atoms with van der Waals surface area (Å²) in [7, 11) is 1.77. The summed E-state index contributed by atoms with van der Waals surface area (Å²) in [6, 6.07) is 15.7. The monoisotopic (exact) mass is 446 g/mol. The Hall–Kier alpha value is -3.74. The number of carbonyl (C=O) groups excluding carboxylic acids is 2. The molecule has 170 valence electrons. The fourth-order valence-electron chi connectivity index (χ4n) is 3.41. The van der Waals surface area contributed by atoms with Crippen LogP contribution in [-0.2, 0) is 11.2 Å². The van der Waals surface area contributed by atoms with Gasteiger partial charge >= 0.3 is 0 Å². The number of H-pyrrole nitrogens is 1. The van der Waals surface area contributed by atoms with E-state index in [9.17, 15) is 14.0 Å². The van der Waals surface area contributed by atoms with E-state index in [1.165, 1.54) is 12.1 Å². The summed E-state index contributed by atoms with van der Waals surface area (Å²) in [4.78, 5) is 26.1. The molecule has 1 aliphatic rings. The van der Waals surface area contributed by atoms with Gasteiger partial charge in [0.1, 0.15) is 5.82 Å². The normalized spacial score (nSPS) is 13.3. The maximum absolute atomic E-state index is 13.1. The Bertz CT molecular complexity index is 1130. The second-order valence-corrected chi connectivity index (χ2v) is 8.35. The van der Waals surface area contributed by atoms with E-state index in [1.807, 2.05) is 18.2 Å². The molecule has 4 rings (SSSR count). The van der Waals surface area contributed by atoms with Gasteiger partial charge in [0, 0.05) is 42.5 Å². The summed E-state index contributed by atoms with van der Waals surface area (Å²) in [5, 5.41) is 10.2. The Labute approximate surface area is 192 Å². The van der Waals surface area contributed by atoms with Crippen LogP contribution < -0.4 is 5.32 Å². The minimum atomic E-state index is -0.274. The van der Waals surface area contributed by atoms with E-state index in [-0.39, 0.29) is 17.6 Å². The number of rotatable bonds is 9. The molecular formula is C26H27FN4O2. The van der Waals surface area contributed by atoms with Crippen LogP contribution in [0.4, 0.5) is 4.39 Å². The molecule has 1 aromatic heterocycles. The number of benzene rings is 2. The zero-order chi connectivity index (χ0) is 23.2. The van der Waals surface area contributed by atoms with Crippen molar-refractivity contribution < 1.29 is 14.0 Å². The highest BCUT2D eigenvalue weighted by atomic mass is 19.1. The minimum Gasteiger partial charge on any atom is -0.349 e. The zero-order valence-electron chi connectivity index (χ0n) is 18.6. The van der Waals surface area contributed by atoms with Gasteiger partial charge in [0.25, 0.3) is 5.91 Å². The number of nitrogens with one attached hydrogen (secondary N) is 2. The highest BCUT2D eigenvalue weighted by Gasteiger charge is 2.23. The Morgan fingerprint density at radius 3 is 2.58 bits per heavy atom. The van der Waals surface area contributed by atoms with Gasteiger partial charge < -0.3 is 10.2 Å². The van der Waals surface area contributed by atoms with Crippen molar-refractivity contribution in [1.82, 2.24) is 20.4 Å². The van der Waals surface area contributed by atoms with Gasteiger partial charge in [0.05, 0.1) is 5.69 Å². The van der Waals surface area contributed by atoms with Gasteiger partial charge in [-0.2, -0.15) is 5.10 Å². The van der Waals surface area contributed by atoms with E-state index in [0.717, 1.165) is 48.2 Å². The molecule has 0 atom stereocenters. The molecule has 1 saturated carbocycles. The molecule has 0 bridgehead atoms. The highest BCUT2D eigenvalue weighted by molar-refractivity contribution is 5.95. The van der Waals surface area contributed by atoms with Crippen molar-refractivity contribution in [3.63, 3.8) is 0 Å². The second kappa shape index (κ2) is 10.3. The number of hydrogen-bond acceptors (Lipinski definition) is 3. The molecule has 0 unspecified atom stereocenters. The van der Waals surface area contributed by atoms with E-state index in [1.54, 1.807) is 48.4 Å². The molecule has 0 saturated heterocycles. The molecule has 1 aliphatic carbocycles. The SMILES string of the molecule is CN(CCCc1cc(-c2ccc(F)cc2)n[nH]1)C(=O)C=Cc1ccc(C(=O)NC2CC2)cc1. The van der Waals surface area contributed by atoms with Gasteiger partial charge in [-0.25, -0.2) is 4.39 Å². The first-order chi connectivity index (χ1) is 16.0. The molecule has 0 radical (unpaired) electrons. The van der Waals surface area contributed by atoms with E-state index >= 15 is 0 Å². The van der Waals surface area contributed by atoms with Crippen molar-refractivity contribution in [2.45, 2.75) is 31.7 Å². The predicted molar refractivity (Wildman–Crippen MR) is 126 cm³/mol. The molecular weight excluding hydrogens is 419 g/mol. The summed E-state index contributed by atoms with van der Waals surface area (Å²) in [6.45, 7) is 0.606. The Kier molecular flexibility index (Phi) is 6.98. The lowest BCUT2D eigenvalue weighted by Crippen LogP contribution is -2.26. The summed E-state index contributed by atoms with van der Waals surface area (Å²) >= 11 is 0. The number of aryl methyl sites for hydroxylation is 1. The van der Waals surface area contributed by atoms with Crippen LogP contribution in [0.3, 0.4) is 0 Å². The van der Waals surface area contributed by atoms with Crippen LogP contribution in [0.5, 0.6) is 0 Å². The zero-order valence-corrected chi connectivity index (χ0v) is 18.6. The van der Waals surface area contributed by atoms with Crippen molar-refractivity contribution >= 4 is 17.9 Å². The van der Waals surface area contributed by atoms with Crippen molar-refractivity contribution in [3.05, 3.63) is 83.3 Å². The molecule has 2 amide bonds.